The highest BCUT2D eigenvalue weighted by Crippen LogP contribution is 2.49. The number of benzene rings is 8. The molecular weight excluding hydrogens is 599 g/mol. The van der Waals surface area contributed by atoms with E-state index in [1.54, 1.807) is 0 Å². The fourth-order valence-corrected chi connectivity index (χ4v) is 8.21. The molecule has 8 aromatic carbocycles. The summed E-state index contributed by atoms with van der Waals surface area (Å²) in [6, 6.07) is 68.1. The Balaban J connectivity index is 1.33. The SMILES string of the molecule is c1ccc(-c2ccc(N(c3ccc(-c4ccccc4)cc3)c3cc4c(-c5ccccc5)cccc4c4sc5ccccc5c34)cc2)cc1. The summed E-state index contributed by atoms with van der Waals surface area (Å²) in [5, 5.41) is 5.11. The molecule has 9 rings (SSSR count). The lowest BCUT2D eigenvalue weighted by Crippen LogP contribution is -2.10. The van der Waals surface area contributed by atoms with E-state index in [4.69, 9.17) is 0 Å². The van der Waals surface area contributed by atoms with E-state index >= 15 is 0 Å². The van der Waals surface area contributed by atoms with Crippen molar-refractivity contribution in [2.45, 2.75) is 0 Å². The van der Waals surface area contributed by atoms with Gasteiger partial charge in [0.05, 0.1) is 5.69 Å². The molecule has 1 heterocycles. The van der Waals surface area contributed by atoms with Crippen LogP contribution in [0.2, 0.25) is 0 Å². The Bertz CT molecular complexity index is 2430. The third-order valence-corrected chi connectivity index (χ3v) is 10.5. The van der Waals surface area contributed by atoms with Crippen molar-refractivity contribution in [3.8, 4) is 33.4 Å². The summed E-state index contributed by atoms with van der Waals surface area (Å²) in [6.07, 6.45) is 0. The van der Waals surface area contributed by atoms with Crippen molar-refractivity contribution in [2.75, 3.05) is 4.90 Å². The molecule has 0 atom stereocenters. The third-order valence-electron chi connectivity index (χ3n) is 9.27. The lowest BCUT2D eigenvalue weighted by Gasteiger charge is -2.28. The maximum Gasteiger partial charge on any atom is 0.0561 e. The normalized spacial score (nSPS) is 11.3. The predicted molar refractivity (Wildman–Crippen MR) is 208 cm³/mol. The summed E-state index contributed by atoms with van der Waals surface area (Å²) in [7, 11) is 0. The smallest absolute Gasteiger partial charge is 0.0561 e. The molecule has 9 aromatic rings. The summed E-state index contributed by atoms with van der Waals surface area (Å²) in [6.45, 7) is 0. The van der Waals surface area contributed by atoms with Gasteiger partial charge in [-0.1, -0.05) is 152 Å². The van der Waals surface area contributed by atoms with E-state index in [1.807, 2.05) is 11.3 Å². The second-order valence-corrected chi connectivity index (χ2v) is 13.2. The second-order valence-electron chi connectivity index (χ2n) is 12.1. The summed E-state index contributed by atoms with van der Waals surface area (Å²) in [5.74, 6) is 0. The van der Waals surface area contributed by atoms with Gasteiger partial charge in [-0.3, -0.25) is 0 Å². The number of fused-ring (bicyclic) bond motifs is 5. The quantitative estimate of drug-likeness (QED) is 0.177. The maximum absolute atomic E-state index is 2.45. The average molecular weight is 630 g/mol. The number of rotatable bonds is 6. The number of nitrogens with zero attached hydrogens (tertiary/aromatic N) is 1. The van der Waals surface area contributed by atoms with Crippen LogP contribution in [-0.2, 0) is 0 Å². The summed E-state index contributed by atoms with van der Waals surface area (Å²) < 4.78 is 2.61. The van der Waals surface area contributed by atoms with Gasteiger partial charge in [-0.2, -0.15) is 0 Å². The molecule has 226 valence electrons. The van der Waals surface area contributed by atoms with Crippen LogP contribution in [0.4, 0.5) is 17.1 Å². The molecular formula is C46H31NS. The number of hydrogen-bond donors (Lipinski definition) is 0. The first-order chi connectivity index (χ1) is 23.8. The van der Waals surface area contributed by atoms with Crippen molar-refractivity contribution in [1.82, 2.24) is 0 Å². The van der Waals surface area contributed by atoms with E-state index < -0.39 is 0 Å². The number of hydrogen-bond acceptors (Lipinski definition) is 2. The monoisotopic (exact) mass is 629 g/mol. The van der Waals surface area contributed by atoms with E-state index in [-0.39, 0.29) is 0 Å². The first-order valence-corrected chi connectivity index (χ1v) is 17.2. The van der Waals surface area contributed by atoms with Crippen LogP contribution in [0.15, 0.2) is 188 Å². The topological polar surface area (TPSA) is 3.24 Å². The zero-order valence-corrected chi connectivity index (χ0v) is 27.1. The van der Waals surface area contributed by atoms with Gasteiger partial charge in [0.25, 0.3) is 0 Å². The highest BCUT2D eigenvalue weighted by atomic mass is 32.1. The van der Waals surface area contributed by atoms with Crippen LogP contribution in [-0.4, -0.2) is 0 Å². The molecule has 0 spiro atoms. The van der Waals surface area contributed by atoms with E-state index in [2.05, 4.69) is 193 Å². The van der Waals surface area contributed by atoms with Gasteiger partial charge in [-0.25, -0.2) is 0 Å². The van der Waals surface area contributed by atoms with Gasteiger partial charge in [0.1, 0.15) is 0 Å². The molecule has 0 aliphatic carbocycles. The fourth-order valence-electron chi connectivity index (χ4n) is 6.96. The zero-order chi connectivity index (χ0) is 31.9. The van der Waals surface area contributed by atoms with Gasteiger partial charge in [0.15, 0.2) is 0 Å². The molecule has 0 saturated carbocycles. The molecule has 0 unspecified atom stereocenters. The molecule has 1 aromatic heterocycles. The molecule has 0 amide bonds. The minimum Gasteiger partial charge on any atom is -0.310 e. The minimum absolute atomic E-state index is 1.12. The molecule has 0 radical (unpaired) electrons. The zero-order valence-electron chi connectivity index (χ0n) is 26.3. The number of anilines is 3. The Morgan fingerprint density at radius 2 is 0.833 bits per heavy atom. The average Bonchev–Trinajstić information content (AvgIpc) is 3.57. The van der Waals surface area contributed by atoms with Crippen molar-refractivity contribution >= 4 is 59.3 Å². The third kappa shape index (κ3) is 4.95. The molecule has 2 heteroatoms. The van der Waals surface area contributed by atoms with Crippen molar-refractivity contribution in [2.24, 2.45) is 0 Å². The Labute approximate surface area is 284 Å². The highest BCUT2D eigenvalue weighted by Gasteiger charge is 2.22. The largest absolute Gasteiger partial charge is 0.310 e. The Hall–Kier alpha value is -5.96. The van der Waals surface area contributed by atoms with Crippen LogP contribution in [0.5, 0.6) is 0 Å². The van der Waals surface area contributed by atoms with Gasteiger partial charge in [-0.15, -0.1) is 11.3 Å². The van der Waals surface area contributed by atoms with E-state index in [0.29, 0.717) is 0 Å². The van der Waals surface area contributed by atoms with Crippen molar-refractivity contribution in [3.05, 3.63) is 188 Å². The van der Waals surface area contributed by atoms with Crippen molar-refractivity contribution < 1.29 is 0 Å². The lowest BCUT2D eigenvalue weighted by molar-refractivity contribution is 1.30. The van der Waals surface area contributed by atoms with Crippen LogP contribution in [0.1, 0.15) is 0 Å². The summed E-state index contributed by atoms with van der Waals surface area (Å²) in [5.41, 5.74) is 10.7. The van der Waals surface area contributed by atoms with Crippen molar-refractivity contribution in [1.29, 1.82) is 0 Å². The summed E-state index contributed by atoms with van der Waals surface area (Å²) in [4.78, 5) is 2.45. The van der Waals surface area contributed by atoms with Crippen LogP contribution in [0, 0.1) is 0 Å². The van der Waals surface area contributed by atoms with Gasteiger partial charge in [0.2, 0.25) is 0 Å². The van der Waals surface area contributed by atoms with E-state index in [0.717, 1.165) is 11.4 Å². The predicted octanol–water partition coefficient (Wildman–Crippen LogP) is 13.7. The van der Waals surface area contributed by atoms with E-state index in [1.165, 1.54) is 70.0 Å². The van der Waals surface area contributed by atoms with Crippen molar-refractivity contribution in [3.63, 3.8) is 0 Å². The van der Waals surface area contributed by atoms with Gasteiger partial charge in [0, 0.05) is 36.9 Å². The summed E-state index contributed by atoms with van der Waals surface area (Å²) >= 11 is 1.89. The Morgan fingerprint density at radius 1 is 0.354 bits per heavy atom. The Kier molecular flexibility index (Phi) is 7.07. The number of thiophene rings is 1. The van der Waals surface area contributed by atoms with Crippen LogP contribution in [0.25, 0.3) is 64.3 Å². The first kappa shape index (κ1) is 28.3. The Morgan fingerprint density at radius 3 is 1.42 bits per heavy atom. The fraction of sp³-hybridized carbons (Fsp3) is 0. The molecule has 0 aliphatic rings. The van der Waals surface area contributed by atoms with Gasteiger partial charge >= 0.3 is 0 Å². The lowest BCUT2D eigenvalue weighted by atomic mass is 9.95. The molecule has 0 saturated heterocycles. The second kappa shape index (κ2) is 12.0. The first-order valence-electron chi connectivity index (χ1n) is 16.4. The molecule has 0 fully saturated rings. The minimum atomic E-state index is 1.12. The molecule has 48 heavy (non-hydrogen) atoms. The van der Waals surface area contributed by atoms with Crippen LogP contribution in [0.3, 0.4) is 0 Å². The molecule has 0 aliphatic heterocycles. The van der Waals surface area contributed by atoms with Gasteiger partial charge in [-0.05, 0) is 75.2 Å². The molecule has 0 bridgehead atoms. The highest BCUT2D eigenvalue weighted by molar-refractivity contribution is 7.26. The standard InChI is InChI=1S/C46H31NS/c1-4-13-32(14-5-1)34-23-27-37(28-24-34)47(38-29-25-35(26-30-38)33-15-6-2-7-16-33)43-31-42-39(36-17-8-3-9-18-36)20-12-21-40(42)46-45(43)41-19-10-11-22-44(41)48-46/h1-31H. The van der Waals surface area contributed by atoms with Crippen LogP contribution < -0.4 is 4.90 Å². The molecule has 1 nitrogen and oxygen atoms in total. The molecule has 0 N–H and O–H groups in total. The van der Waals surface area contributed by atoms with Crippen LogP contribution >= 0.6 is 11.3 Å². The van der Waals surface area contributed by atoms with Gasteiger partial charge < -0.3 is 4.90 Å². The van der Waals surface area contributed by atoms with E-state index in [9.17, 15) is 0 Å². The maximum atomic E-state index is 2.45.